The van der Waals surface area contributed by atoms with Crippen molar-refractivity contribution in [2.45, 2.75) is 39.5 Å². The number of benzene rings is 1. The van der Waals surface area contributed by atoms with Crippen molar-refractivity contribution in [3.8, 4) is 0 Å². The van der Waals surface area contributed by atoms with E-state index in [9.17, 15) is 4.79 Å². The van der Waals surface area contributed by atoms with Gasteiger partial charge >= 0.3 is 0 Å². The van der Waals surface area contributed by atoms with E-state index >= 15 is 0 Å². The van der Waals surface area contributed by atoms with E-state index < -0.39 is 0 Å². The number of aryl methyl sites for hydroxylation is 2. The Morgan fingerprint density at radius 2 is 1.95 bits per heavy atom. The van der Waals surface area contributed by atoms with Crippen LogP contribution in [0.5, 0.6) is 0 Å². The lowest BCUT2D eigenvalue weighted by atomic mass is 9.92. The lowest BCUT2D eigenvalue weighted by Crippen LogP contribution is -2.30. The van der Waals surface area contributed by atoms with Crippen molar-refractivity contribution in [2.24, 2.45) is 5.92 Å². The van der Waals surface area contributed by atoms with Crippen LogP contribution < -0.4 is 5.32 Å². The van der Waals surface area contributed by atoms with Crippen molar-refractivity contribution in [3.63, 3.8) is 0 Å². The zero-order valence-electron chi connectivity index (χ0n) is 12.9. The molecule has 1 fully saturated rings. The number of rotatable bonds is 4. The van der Waals surface area contributed by atoms with Gasteiger partial charge in [-0.3, -0.25) is 4.79 Å². The molecule has 2 rings (SSSR count). The third-order valence-corrected chi connectivity index (χ3v) is 4.41. The predicted molar refractivity (Wildman–Crippen MR) is 84.0 cm³/mol. The van der Waals surface area contributed by atoms with Crippen LogP contribution in [-0.2, 0) is 4.79 Å². The van der Waals surface area contributed by atoms with Crippen LogP contribution in [0.1, 0.15) is 36.8 Å². The number of hydrogen-bond donors (Lipinski definition) is 1. The third kappa shape index (κ3) is 4.34. The number of anilines is 1. The van der Waals surface area contributed by atoms with E-state index in [1.807, 2.05) is 12.1 Å². The number of hydrogen-bond acceptors (Lipinski definition) is 2. The average molecular weight is 274 g/mol. The summed E-state index contributed by atoms with van der Waals surface area (Å²) in [6.45, 7) is 6.50. The molecule has 1 heterocycles. The van der Waals surface area contributed by atoms with Crippen molar-refractivity contribution in [1.82, 2.24) is 4.90 Å². The fourth-order valence-electron chi connectivity index (χ4n) is 2.73. The normalized spacial score (nSPS) is 17.1. The Bertz CT molecular complexity index is 462. The first-order chi connectivity index (χ1) is 9.54. The smallest absolute Gasteiger partial charge is 0.224 e. The van der Waals surface area contributed by atoms with Gasteiger partial charge in [-0.2, -0.15) is 0 Å². The standard InChI is InChI=1S/C17H26N2O/c1-13-4-6-16(12-14(13)2)18-17(20)7-5-15-8-10-19(3)11-9-15/h4,6,12,15H,5,7-11H2,1-3H3,(H,18,20). The van der Waals surface area contributed by atoms with Gasteiger partial charge in [-0.25, -0.2) is 0 Å². The number of carbonyl (C=O) groups excluding carboxylic acids is 1. The highest BCUT2D eigenvalue weighted by Gasteiger charge is 2.17. The minimum atomic E-state index is 0.146. The number of nitrogens with one attached hydrogen (secondary N) is 1. The van der Waals surface area contributed by atoms with Crippen LogP contribution in [0.3, 0.4) is 0 Å². The summed E-state index contributed by atoms with van der Waals surface area (Å²) < 4.78 is 0. The molecule has 0 radical (unpaired) electrons. The first-order valence-corrected chi connectivity index (χ1v) is 7.60. The molecule has 1 aromatic carbocycles. The van der Waals surface area contributed by atoms with Crippen LogP contribution in [0.2, 0.25) is 0 Å². The summed E-state index contributed by atoms with van der Waals surface area (Å²) in [6, 6.07) is 6.08. The van der Waals surface area contributed by atoms with Gasteiger partial charge in [0.25, 0.3) is 0 Å². The number of amides is 1. The van der Waals surface area contributed by atoms with E-state index in [0.29, 0.717) is 6.42 Å². The number of likely N-dealkylation sites (tertiary alicyclic amines) is 1. The van der Waals surface area contributed by atoms with Gasteiger partial charge in [-0.15, -0.1) is 0 Å². The number of nitrogens with zero attached hydrogens (tertiary/aromatic N) is 1. The minimum Gasteiger partial charge on any atom is -0.326 e. The first-order valence-electron chi connectivity index (χ1n) is 7.60. The zero-order valence-corrected chi connectivity index (χ0v) is 12.9. The summed E-state index contributed by atoms with van der Waals surface area (Å²) in [6.07, 6.45) is 4.12. The van der Waals surface area contributed by atoms with Gasteiger partial charge in [0, 0.05) is 12.1 Å². The SMILES string of the molecule is Cc1ccc(NC(=O)CCC2CCN(C)CC2)cc1C. The maximum absolute atomic E-state index is 12.0. The molecule has 0 saturated carbocycles. The highest BCUT2D eigenvalue weighted by molar-refractivity contribution is 5.90. The zero-order chi connectivity index (χ0) is 14.5. The second kappa shape index (κ2) is 6.89. The molecule has 0 spiro atoms. The number of carbonyl (C=O) groups is 1. The van der Waals surface area contributed by atoms with Crippen molar-refractivity contribution in [2.75, 3.05) is 25.5 Å². The molecule has 1 aromatic rings. The van der Waals surface area contributed by atoms with Gasteiger partial charge < -0.3 is 10.2 Å². The maximum atomic E-state index is 12.0. The van der Waals surface area contributed by atoms with E-state index in [1.165, 1.54) is 37.1 Å². The van der Waals surface area contributed by atoms with Gasteiger partial charge in [0.1, 0.15) is 0 Å². The molecule has 0 aliphatic carbocycles. The van der Waals surface area contributed by atoms with E-state index in [2.05, 4.69) is 37.2 Å². The lowest BCUT2D eigenvalue weighted by Gasteiger charge is -2.28. The van der Waals surface area contributed by atoms with Gasteiger partial charge in [-0.05, 0) is 82.4 Å². The molecule has 1 N–H and O–H groups in total. The summed E-state index contributed by atoms with van der Waals surface area (Å²) in [5.41, 5.74) is 3.40. The Morgan fingerprint density at radius 1 is 1.25 bits per heavy atom. The van der Waals surface area contributed by atoms with Gasteiger partial charge in [0.2, 0.25) is 5.91 Å². The molecule has 0 unspecified atom stereocenters. The number of piperidine rings is 1. The molecule has 110 valence electrons. The monoisotopic (exact) mass is 274 g/mol. The molecule has 1 amide bonds. The van der Waals surface area contributed by atoms with Crippen LogP contribution in [-0.4, -0.2) is 30.9 Å². The van der Waals surface area contributed by atoms with E-state index in [0.717, 1.165) is 18.0 Å². The maximum Gasteiger partial charge on any atom is 0.224 e. The summed E-state index contributed by atoms with van der Waals surface area (Å²) in [5, 5.41) is 3.01. The van der Waals surface area contributed by atoms with E-state index in [4.69, 9.17) is 0 Å². The Labute approximate surface area is 122 Å². The summed E-state index contributed by atoms with van der Waals surface area (Å²) in [5.74, 6) is 0.865. The topological polar surface area (TPSA) is 32.3 Å². The Hall–Kier alpha value is -1.35. The molecule has 20 heavy (non-hydrogen) atoms. The Kier molecular flexibility index (Phi) is 5.18. The van der Waals surface area contributed by atoms with Crippen molar-refractivity contribution in [3.05, 3.63) is 29.3 Å². The van der Waals surface area contributed by atoms with Gasteiger partial charge in [0.05, 0.1) is 0 Å². The largest absolute Gasteiger partial charge is 0.326 e. The summed E-state index contributed by atoms with van der Waals surface area (Å²) >= 11 is 0. The lowest BCUT2D eigenvalue weighted by molar-refractivity contribution is -0.116. The molecule has 0 bridgehead atoms. The van der Waals surface area contributed by atoms with Crippen LogP contribution >= 0.6 is 0 Å². The van der Waals surface area contributed by atoms with Crippen LogP contribution in [0.15, 0.2) is 18.2 Å². The Balaban J connectivity index is 1.76. The molecule has 0 aromatic heterocycles. The predicted octanol–water partition coefficient (Wildman–Crippen LogP) is 3.36. The molecule has 1 saturated heterocycles. The molecule has 1 aliphatic rings. The van der Waals surface area contributed by atoms with Crippen molar-refractivity contribution < 1.29 is 4.79 Å². The van der Waals surface area contributed by atoms with Crippen molar-refractivity contribution >= 4 is 11.6 Å². The van der Waals surface area contributed by atoms with Crippen LogP contribution in [0.4, 0.5) is 5.69 Å². The molecule has 1 aliphatic heterocycles. The molecule has 3 heteroatoms. The molecular weight excluding hydrogens is 248 g/mol. The first kappa shape index (κ1) is 15.0. The fourth-order valence-corrected chi connectivity index (χ4v) is 2.73. The molecule has 3 nitrogen and oxygen atoms in total. The average Bonchev–Trinajstić information content (AvgIpc) is 2.42. The highest BCUT2D eigenvalue weighted by Crippen LogP contribution is 2.21. The third-order valence-electron chi connectivity index (χ3n) is 4.41. The Morgan fingerprint density at radius 3 is 2.60 bits per heavy atom. The second-order valence-corrected chi connectivity index (χ2v) is 6.13. The van der Waals surface area contributed by atoms with E-state index in [1.54, 1.807) is 0 Å². The second-order valence-electron chi connectivity index (χ2n) is 6.13. The van der Waals surface area contributed by atoms with Gasteiger partial charge in [-0.1, -0.05) is 6.07 Å². The fraction of sp³-hybridized carbons (Fsp3) is 0.588. The minimum absolute atomic E-state index is 0.146. The van der Waals surface area contributed by atoms with Gasteiger partial charge in [0.15, 0.2) is 0 Å². The summed E-state index contributed by atoms with van der Waals surface area (Å²) in [4.78, 5) is 14.4. The van der Waals surface area contributed by atoms with Crippen molar-refractivity contribution in [1.29, 1.82) is 0 Å². The van der Waals surface area contributed by atoms with Crippen LogP contribution in [0.25, 0.3) is 0 Å². The quantitative estimate of drug-likeness (QED) is 0.913. The summed E-state index contributed by atoms with van der Waals surface area (Å²) in [7, 11) is 2.17. The van der Waals surface area contributed by atoms with Crippen LogP contribution in [0, 0.1) is 19.8 Å². The highest BCUT2D eigenvalue weighted by atomic mass is 16.1. The molecular formula is C17H26N2O. The molecule has 0 atom stereocenters. The van der Waals surface area contributed by atoms with E-state index in [-0.39, 0.29) is 5.91 Å².